The summed E-state index contributed by atoms with van der Waals surface area (Å²) >= 11 is 0. The molecule has 1 aromatic rings. The van der Waals surface area contributed by atoms with Crippen molar-refractivity contribution in [3.05, 3.63) is 24.3 Å². The van der Waals surface area contributed by atoms with Gasteiger partial charge in [0.1, 0.15) is 0 Å². The van der Waals surface area contributed by atoms with Crippen LogP contribution in [0.25, 0.3) is 0 Å². The second kappa shape index (κ2) is 5.95. The fourth-order valence-corrected chi connectivity index (χ4v) is 2.55. The van der Waals surface area contributed by atoms with Crippen LogP contribution in [0.2, 0.25) is 0 Å². The number of fused-ring (bicyclic) bond motifs is 1. The highest BCUT2D eigenvalue weighted by Gasteiger charge is 2.21. The largest absolute Gasteiger partial charge is 0.383 e. The summed E-state index contributed by atoms with van der Waals surface area (Å²) in [6.45, 7) is 5.66. The Morgan fingerprint density at radius 1 is 1.18 bits per heavy atom. The summed E-state index contributed by atoms with van der Waals surface area (Å²) in [6, 6.07) is 9.06. The van der Waals surface area contributed by atoms with Gasteiger partial charge in [-0.15, -0.1) is 0 Å². The molecular formula is C15H24N2. The van der Waals surface area contributed by atoms with Gasteiger partial charge < -0.3 is 10.6 Å². The smallest absolute Gasteiger partial charge is 0.0578 e. The molecule has 0 aromatic heterocycles. The van der Waals surface area contributed by atoms with Crippen LogP contribution in [0.3, 0.4) is 0 Å². The number of hydrogen-bond acceptors (Lipinski definition) is 2. The van der Waals surface area contributed by atoms with Crippen LogP contribution < -0.4 is 10.6 Å². The fraction of sp³-hybridized carbons (Fsp3) is 0.600. The lowest BCUT2D eigenvalue weighted by atomic mass is 9.94. The third kappa shape index (κ3) is 3.15. The van der Waals surface area contributed by atoms with Gasteiger partial charge in [-0.05, 0) is 31.4 Å². The Morgan fingerprint density at radius 3 is 2.71 bits per heavy atom. The molecule has 0 bridgehead atoms. The second-order valence-electron chi connectivity index (χ2n) is 5.12. The zero-order chi connectivity index (χ0) is 12.1. The summed E-state index contributed by atoms with van der Waals surface area (Å²) in [5.74, 6) is 0.731. The molecule has 1 heterocycles. The summed E-state index contributed by atoms with van der Waals surface area (Å²) in [7, 11) is 0. The van der Waals surface area contributed by atoms with Crippen LogP contribution in [0, 0.1) is 5.92 Å². The Kier molecular flexibility index (Phi) is 4.29. The number of unbranched alkanes of at least 4 members (excludes halogenated alkanes) is 2. The lowest BCUT2D eigenvalue weighted by Gasteiger charge is -2.22. The first-order valence-corrected chi connectivity index (χ1v) is 6.90. The maximum Gasteiger partial charge on any atom is 0.0578 e. The summed E-state index contributed by atoms with van der Waals surface area (Å²) in [4.78, 5) is 0. The third-order valence-corrected chi connectivity index (χ3v) is 3.75. The molecular weight excluding hydrogens is 208 g/mol. The number of benzene rings is 1. The minimum absolute atomic E-state index is 0.558. The van der Waals surface area contributed by atoms with E-state index in [2.05, 4.69) is 48.7 Å². The molecule has 2 nitrogen and oxygen atoms in total. The van der Waals surface area contributed by atoms with Crippen LogP contribution in [0.5, 0.6) is 0 Å². The van der Waals surface area contributed by atoms with Gasteiger partial charge in [0.05, 0.1) is 11.4 Å². The number of nitrogens with one attached hydrogen (secondary N) is 2. The molecule has 0 radical (unpaired) electrons. The Labute approximate surface area is 105 Å². The van der Waals surface area contributed by atoms with Crippen molar-refractivity contribution in [2.45, 2.75) is 45.6 Å². The van der Waals surface area contributed by atoms with Crippen molar-refractivity contribution < 1.29 is 0 Å². The monoisotopic (exact) mass is 232 g/mol. The topological polar surface area (TPSA) is 24.1 Å². The Morgan fingerprint density at radius 2 is 1.94 bits per heavy atom. The van der Waals surface area contributed by atoms with E-state index in [9.17, 15) is 0 Å². The van der Waals surface area contributed by atoms with Crippen LogP contribution in [-0.2, 0) is 0 Å². The molecule has 94 valence electrons. The molecule has 2 rings (SSSR count). The molecule has 0 fully saturated rings. The molecule has 0 amide bonds. The van der Waals surface area contributed by atoms with Crippen molar-refractivity contribution in [3.8, 4) is 0 Å². The molecule has 2 N–H and O–H groups in total. The van der Waals surface area contributed by atoms with Crippen LogP contribution in [0.15, 0.2) is 24.3 Å². The van der Waals surface area contributed by atoms with Gasteiger partial charge in [-0.2, -0.15) is 0 Å². The van der Waals surface area contributed by atoms with E-state index in [-0.39, 0.29) is 0 Å². The SMILES string of the molecule is CCCCCC1CNc2ccccc2NC1C. The molecule has 1 aliphatic rings. The summed E-state index contributed by atoms with van der Waals surface area (Å²) in [5, 5.41) is 7.21. The van der Waals surface area contributed by atoms with E-state index in [4.69, 9.17) is 0 Å². The van der Waals surface area contributed by atoms with E-state index in [0.717, 1.165) is 12.5 Å². The molecule has 2 atom stereocenters. The number of para-hydroxylation sites is 2. The summed E-state index contributed by atoms with van der Waals surface area (Å²) in [6.07, 6.45) is 5.34. The molecule has 17 heavy (non-hydrogen) atoms. The van der Waals surface area contributed by atoms with Gasteiger partial charge in [-0.3, -0.25) is 0 Å². The van der Waals surface area contributed by atoms with Crippen molar-refractivity contribution >= 4 is 11.4 Å². The zero-order valence-electron chi connectivity index (χ0n) is 11.0. The normalized spacial score (nSPS) is 23.2. The average molecular weight is 232 g/mol. The predicted molar refractivity (Wildman–Crippen MR) is 75.6 cm³/mol. The Balaban J connectivity index is 1.97. The van der Waals surface area contributed by atoms with Gasteiger partial charge in [-0.25, -0.2) is 0 Å². The van der Waals surface area contributed by atoms with Crippen molar-refractivity contribution in [1.82, 2.24) is 0 Å². The lowest BCUT2D eigenvalue weighted by Crippen LogP contribution is -2.28. The first-order valence-electron chi connectivity index (χ1n) is 6.90. The van der Waals surface area contributed by atoms with Gasteiger partial charge in [0.25, 0.3) is 0 Å². The van der Waals surface area contributed by atoms with Crippen LogP contribution in [-0.4, -0.2) is 12.6 Å². The first kappa shape index (κ1) is 12.3. The minimum Gasteiger partial charge on any atom is -0.383 e. The summed E-state index contributed by atoms with van der Waals surface area (Å²) in [5.41, 5.74) is 2.50. The second-order valence-corrected chi connectivity index (χ2v) is 5.12. The molecule has 2 unspecified atom stereocenters. The molecule has 0 aliphatic carbocycles. The van der Waals surface area contributed by atoms with Gasteiger partial charge in [0.15, 0.2) is 0 Å². The van der Waals surface area contributed by atoms with E-state index in [1.54, 1.807) is 0 Å². The van der Waals surface area contributed by atoms with Gasteiger partial charge >= 0.3 is 0 Å². The number of anilines is 2. The summed E-state index contributed by atoms with van der Waals surface area (Å²) < 4.78 is 0. The van der Waals surface area contributed by atoms with Crippen molar-refractivity contribution in [3.63, 3.8) is 0 Å². The molecule has 0 saturated carbocycles. The molecule has 1 aromatic carbocycles. The maximum absolute atomic E-state index is 3.64. The van der Waals surface area contributed by atoms with Crippen molar-refractivity contribution in [1.29, 1.82) is 0 Å². The van der Waals surface area contributed by atoms with Crippen molar-refractivity contribution in [2.24, 2.45) is 5.92 Å². The molecule has 0 spiro atoms. The van der Waals surface area contributed by atoms with Gasteiger partial charge in [0, 0.05) is 12.6 Å². The average Bonchev–Trinajstić information content (AvgIpc) is 2.49. The molecule has 0 saturated heterocycles. The van der Waals surface area contributed by atoms with Crippen molar-refractivity contribution in [2.75, 3.05) is 17.2 Å². The molecule has 2 heteroatoms. The van der Waals surface area contributed by atoms with E-state index >= 15 is 0 Å². The Bertz CT molecular complexity index is 349. The van der Waals surface area contributed by atoms with E-state index < -0.39 is 0 Å². The highest BCUT2D eigenvalue weighted by atomic mass is 15.0. The molecule has 1 aliphatic heterocycles. The fourth-order valence-electron chi connectivity index (χ4n) is 2.55. The standard InChI is InChI=1S/C15H24N2/c1-3-4-5-8-13-11-16-14-9-6-7-10-15(14)17-12(13)2/h6-7,9-10,12-13,16-17H,3-5,8,11H2,1-2H3. The third-order valence-electron chi connectivity index (χ3n) is 3.75. The maximum atomic E-state index is 3.64. The highest BCUT2D eigenvalue weighted by Crippen LogP contribution is 2.28. The van der Waals surface area contributed by atoms with E-state index in [1.165, 1.54) is 37.1 Å². The van der Waals surface area contributed by atoms with E-state index in [0.29, 0.717) is 6.04 Å². The number of rotatable bonds is 4. The van der Waals surface area contributed by atoms with E-state index in [1.807, 2.05) is 0 Å². The van der Waals surface area contributed by atoms with Gasteiger partial charge in [0.2, 0.25) is 0 Å². The lowest BCUT2D eigenvalue weighted by molar-refractivity contribution is 0.435. The van der Waals surface area contributed by atoms with Gasteiger partial charge in [-0.1, -0.05) is 38.3 Å². The zero-order valence-corrected chi connectivity index (χ0v) is 11.0. The van der Waals surface area contributed by atoms with Crippen LogP contribution in [0.1, 0.15) is 39.5 Å². The quantitative estimate of drug-likeness (QED) is 0.763. The Hall–Kier alpha value is -1.18. The predicted octanol–water partition coefficient (Wildman–Crippen LogP) is 4.11. The first-order chi connectivity index (χ1) is 8.31. The number of hydrogen-bond donors (Lipinski definition) is 2. The highest BCUT2D eigenvalue weighted by molar-refractivity contribution is 5.69. The van der Waals surface area contributed by atoms with Crippen LogP contribution in [0.4, 0.5) is 11.4 Å². The minimum atomic E-state index is 0.558. The van der Waals surface area contributed by atoms with Crippen LogP contribution >= 0.6 is 0 Å².